The molecule has 0 aliphatic carbocycles. The van der Waals surface area contributed by atoms with Crippen LogP contribution in [0.25, 0.3) is 0 Å². The Labute approximate surface area is 123 Å². The molecule has 0 aromatic heterocycles. The predicted molar refractivity (Wildman–Crippen MR) is 86.1 cm³/mol. The minimum absolute atomic E-state index is 0.240. The van der Waals surface area contributed by atoms with Crippen LogP contribution >= 0.6 is 0 Å². The Hall–Kier alpha value is -1.35. The molecule has 3 nitrogen and oxygen atoms in total. The summed E-state index contributed by atoms with van der Waals surface area (Å²) in [6.07, 6.45) is 3.51. The maximum atomic E-state index is 12.5. The molecule has 0 fully saturated rings. The Morgan fingerprint density at radius 2 is 1.80 bits per heavy atom. The van der Waals surface area contributed by atoms with Gasteiger partial charge in [-0.3, -0.25) is 4.79 Å². The van der Waals surface area contributed by atoms with E-state index in [-0.39, 0.29) is 11.9 Å². The van der Waals surface area contributed by atoms with Crippen molar-refractivity contribution in [2.45, 2.75) is 45.6 Å². The van der Waals surface area contributed by atoms with Crippen molar-refractivity contribution in [1.29, 1.82) is 0 Å². The lowest BCUT2D eigenvalue weighted by molar-refractivity contribution is -0.119. The zero-order chi connectivity index (χ0) is 15.0. The highest BCUT2D eigenvalue weighted by Crippen LogP contribution is 2.22. The first kappa shape index (κ1) is 16.7. The first-order valence-electron chi connectivity index (χ1n) is 7.62. The molecule has 1 aromatic rings. The largest absolute Gasteiger partial charge is 0.309 e. The Morgan fingerprint density at radius 3 is 2.30 bits per heavy atom. The molecule has 1 atom stereocenters. The molecule has 0 N–H and O–H groups in total. The Bertz CT molecular complexity index is 389. The van der Waals surface area contributed by atoms with Gasteiger partial charge in [-0.25, -0.2) is 0 Å². The molecule has 0 radical (unpaired) electrons. The fourth-order valence-electron chi connectivity index (χ4n) is 2.40. The lowest BCUT2D eigenvalue weighted by atomic mass is 10.1. The second-order valence-corrected chi connectivity index (χ2v) is 5.50. The molecule has 20 heavy (non-hydrogen) atoms. The van der Waals surface area contributed by atoms with Crippen LogP contribution in [-0.2, 0) is 4.79 Å². The van der Waals surface area contributed by atoms with E-state index in [0.717, 1.165) is 31.5 Å². The molecule has 0 aliphatic rings. The summed E-state index contributed by atoms with van der Waals surface area (Å²) in [5.41, 5.74) is 1.02. The van der Waals surface area contributed by atoms with Gasteiger partial charge in [-0.15, -0.1) is 0 Å². The van der Waals surface area contributed by atoms with Gasteiger partial charge in [0.25, 0.3) is 0 Å². The number of para-hydroxylation sites is 1. The average Bonchev–Trinajstić information content (AvgIpc) is 2.44. The summed E-state index contributed by atoms with van der Waals surface area (Å²) >= 11 is 0. The van der Waals surface area contributed by atoms with Gasteiger partial charge in [0, 0.05) is 18.2 Å². The number of amides is 1. The van der Waals surface area contributed by atoms with E-state index in [9.17, 15) is 4.79 Å². The lowest BCUT2D eigenvalue weighted by Gasteiger charge is -2.32. The monoisotopic (exact) mass is 276 g/mol. The van der Waals surface area contributed by atoms with Crippen LogP contribution in [0.3, 0.4) is 0 Å². The van der Waals surface area contributed by atoms with Gasteiger partial charge in [-0.1, -0.05) is 32.0 Å². The van der Waals surface area contributed by atoms with Crippen molar-refractivity contribution >= 4 is 11.6 Å². The number of nitrogens with zero attached hydrogens (tertiary/aromatic N) is 2. The number of anilines is 1. The Kier molecular flexibility index (Phi) is 7.31. The van der Waals surface area contributed by atoms with Crippen LogP contribution in [0.5, 0.6) is 0 Å². The fraction of sp³-hybridized carbons (Fsp3) is 0.588. The first-order valence-corrected chi connectivity index (χ1v) is 7.62. The van der Waals surface area contributed by atoms with Gasteiger partial charge in [-0.05, 0) is 52.0 Å². The highest BCUT2D eigenvalue weighted by Gasteiger charge is 2.23. The van der Waals surface area contributed by atoms with E-state index in [2.05, 4.69) is 32.8 Å². The highest BCUT2D eigenvalue weighted by atomic mass is 16.2. The third-order valence-corrected chi connectivity index (χ3v) is 3.51. The minimum Gasteiger partial charge on any atom is -0.309 e. The van der Waals surface area contributed by atoms with Gasteiger partial charge < -0.3 is 9.80 Å². The summed E-state index contributed by atoms with van der Waals surface area (Å²) in [5.74, 6) is 0.240. The molecular weight excluding hydrogens is 248 g/mol. The maximum Gasteiger partial charge on any atom is 0.227 e. The van der Waals surface area contributed by atoms with Crippen LogP contribution in [-0.4, -0.2) is 37.5 Å². The molecule has 1 rings (SSSR count). The fourth-order valence-corrected chi connectivity index (χ4v) is 2.40. The Balaban J connectivity index is 2.93. The van der Waals surface area contributed by atoms with Crippen LogP contribution in [0.4, 0.5) is 5.69 Å². The summed E-state index contributed by atoms with van der Waals surface area (Å²) in [6, 6.07) is 10.3. The van der Waals surface area contributed by atoms with Gasteiger partial charge in [0.1, 0.15) is 0 Å². The SMILES string of the molecule is CCCC(=O)N(c1ccccc1)C(CC)CCN(C)C. The van der Waals surface area contributed by atoms with Gasteiger partial charge >= 0.3 is 0 Å². The number of hydrogen-bond donors (Lipinski definition) is 0. The van der Waals surface area contributed by atoms with Crippen LogP contribution in [0.15, 0.2) is 30.3 Å². The topological polar surface area (TPSA) is 23.6 Å². The van der Waals surface area contributed by atoms with E-state index < -0.39 is 0 Å². The quantitative estimate of drug-likeness (QED) is 0.725. The van der Waals surface area contributed by atoms with Crippen LogP contribution in [0, 0.1) is 0 Å². The second-order valence-electron chi connectivity index (χ2n) is 5.50. The van der Waals surface area contributed by atoms with Crippen molar-refractivity contribution < 1.29 is 4.79 Å². The molecule has 0 bridgehead atoms. The van der Waals surface area contributed by atoms with Crippen molar-refractivity contribution in [2.75, 3.05) is 25.5 Å². The van der Waals surface area contributed by atoms with Gasteiger partial charge in [0.05, 0.1) is 0 Å². The van der Waals surface area contributed by atoms with Crippen molar-refractivity contribution in [3.8, 4) is 0 Å². The van der Waals surface area contributed by atoms with Crippen molar-refractivity contribution in [3.05, 3.63) is 30.3 Å². The van der Waals surface area contributed by atoms with E-state index >= 15 is 0 Å². The van der Waals surface area contributed by atoms with Gasteiger partial charge in [-0.2, -0.15) is 0 Å². The lowest BCUT2D eigenvalue weighted by Crippen LogP contribution is -2.41. The highest BCUT2D eigenvalue weighted by molar-refractivity contribution is 5.93. The molecule has 3 heteroatoms. The molecule has 0 saturated carbocycles. The zero-order valence-corrected chi connectivity index (χ0v) is 13.3. The van der Waals surface area contributed by atoms with Crippen LogP contribution < -0.4 is 4.90 Å². The number of hydrogen-bond acceptors (Lipinski definition) is 2. The maximum absolute atomic E-state index is 12.5. The summed E-state index contributed by atoms with van der Waals surface area (Å²) in [7, 11) is 4.15. The van der Waals surface area contributed by atoms with Gasteiger partial charge in [0.2, 0.25) is 5.91 Å². The third-order valence-electron chi connectivity index (χ3n) is 3.51. The summed E-state index contributed by atoms with van der Waals surface area (Å²) in [6.45, 7) is 5.22. The van der Waals surface area contributed by atoms with Crippen molar-refractivity contribution in [1.82, 2.24) is 4.90 Å². The van der Waals surface area contributed by atoms with E-state index in [1.807, 2.05) is 35.2 Å². The summed E-state index contributed by atoms with van der Waals surface area (Å²) in [4.78, 5) is 16.7. The average molecular weight is 276 g/mol. The van der Waals surface area contributed by atoms with E-state index in [1.54, 1.807) is 0 Å². The van der Waals surface area contributed by atoms with E-state index in [0.29, 0.717) is 6.42 Å². The normalized spacial score (nSPS) is 12.4. The van der Waals surface area contributed by atoms with Crippen molar-refractivity contribution in [2.24, 2.45) is 0 Å². The number of carbonyl (C=O) groups is 1. The first-order chi connectivity index (χ1) is 9.60. The molecule has 0 aliphatic heterocycles. The van der Waals surface area contributed by atoms with Crippen LogP contribution in [0.1, 0.15) is 39.5 Å². The van der Waals surface area contributed by atoms with Crippen LogP contribution in [0.2, 0.25) is 0 Å². The number of rotatable bonds is 8. The smallest absolute Gasteiger partial charge is 0.227 e. The molecule has 0 spiro atoms. The van der Waals surface area contributed by atoms with E-state index in [4.69, 9.17) is 0 Å². The third kappa shape index (κ3) is 4.97. The number of benzene rings is 1. The van der Waals surface area contributed by atoms with E-state index in [1.165, 1.54) is 0 Å². The minimum atomic E-state index is 0.240. The van der Waals surface area contributed by atoms with Gasteiger partial charge in [0.15, 0.2) is 0 Å². The zero-order valence-electron chi connectivity index (χ0n) is 13.3. The molecule has 112 valence electrons. The Morgan fingerprint density at radius 1 is 1.15 bits per heavy atom. The van der Waals surface area contributed by atoms with Crippen molar-refractivity contribution in [3.63, 3.8) is 0 Å². The molecule has 1 unspecified atom stereocenters. The number of carbonyl (C=O) groups excluding carboxylic acids is 1. The molecule has 1 amide bonds. The summed E-state index contributed by atoms with van der Waals surface area (Å²) in [5, 5.41) is 0. The molecule has 1 aromatic carbocycles. The predicted octanol–water partition coefficient (Wildman–Crippen LogP) is 3.55. The summed E-state index contributed by atoms with van der Waals surface area (Å²) < 4.78 is 0. The molecule has 0 heterocycles. The molecule has 0 saturated heterocycles. The second kappa shape index (κ2) is 8.75. The molecular formula is C17H28N2O. The standard InChI is InChI=1S/C17H28N2O/c1-5-10-17(20)19(16-11-8-7-9-12-16)15(6-2)13-14-18(3)4/h7-9,11-12,15H,5-6,10,13-14H2,1-4H3.